The Hall–Kier alpha value is -3.54. The fraction of sp³-hybridized carbons (Fsp3) is 0.217. The fourth-order valence-electron chi connectivity index (χ4n) is 3.66. The Labute approximate surface area is 169 Å². The highest BCUT2D eigenvalue weighted by atomic mass is 16.5. The number of fused-ring (bicyclic) bond motifs is 2. The van der Waals surface area contributed by atoms with Gasteiger partial charge in [0.15, 0.2) is 0 Å². The smallest absolute Gasteiger partial charge is 0.411 e. The first-order chi connectivity index (χ1) is 14.2. The molecule has 148 valence electrons. The van der Waals surface area contributed by atoms with Gasteiger partial charge in [-0.05, 0) is 61.2 Å². The highest BCUT2D eigenvalue weighted by Crippen LogP contribution is 2.37. The van der Waals surface area contributed by atoms with Crippen LogP contribution in [-0.2, 0) is 28.9 Å². The lowest BCUT2D eigenvalue weighted by Gasteiger charge is -2.26. The van der Waals surface area contributed by atoms with Gasteiger partial charge in [0, 0.05) is 18.1 Å². The van der Waals surface area contributed by atoms with E-state index in [1.807, 2.05) is 65.5 Å². The topological polar surface area (TPSA) is 63.6 Å². The number of carbonyl (C=O) groups is 2. The first kappa shape index (κ1) is 18.8. The van der Waals surface area contributed by atoms with Crippen LogP contribution < -0.4 is 10.2 Å². The molecule has 0 saturated carbocycles. The average Bonchev–Trinajstić information content (AvgIpc) is 3.15. The summed E-state index contributed by atoms with van der Waals surface area (Å²) >= 11 is 0. The lowest BCUT2D eigenvalue weighted by molar-refractivity contribution is -0.118. The van der Waals surface area contributed by atoms with E-state index in [-0.39, 0.29) is 12.5 Å². The van der Waals surface area contributed by atoms with Gasteiger partial charge in [0.2, 0.25) is 0 Å². The minimum absolute atomic E-state index is 0.0370. The summed E-state index contributed by atoms with van der Waals surface area (Å²) in [6, 6.07) is 17.5. The van der Waals surface area contributed by atoms with Crippen molar-refractivity contribution in [2.45, 2.75) is 26.3 Å². The zero-order valence-corrected chi connectivity index (χ0v) is 16.3. The Morgan fingerprint density at radius 3 is 2.45 bits per heavy atom. The van der Waals surface area contributed by atoms with Crippen LogP contribution in [0.4, 0.5) is 21.9 Å². The number of hydrogen-bond acceptors (Lipinski definition) is 3. The lowest BCUT2D eigenvalue weighted by atomic mass is 10.0. The third-order valence-corrected chi connectivity index (χ3v) is 4.98. The van der Waals surface area contributed by atoms with Gasteiger partial charge in [-0.3, -0.25) is 15.0 Å². The van der Waals surface area contributed by atoms with Crippen molar-refractivity contribution in [3.05, 3.63) is 78.1 Å². The molecular weight excluding hydrogens is 366 g/mol. The number of rotatable bonds is 4. The van der Waals surface area contributed by atoms with E-state index in [2.05, 4.69) is 11.4 Å². The first-order valence-electron chi connectivity index (χ1n) is 9.74. The molecule has 0 aliphatic carbocycles. The van der Waals surface area contributed by atoms with Crippen LogP contribution in [0.15, 0.2) is 67.0 Å². The van der Waals surface area contributed by atoms with E-state index in [9.17, 15) is 9.59 Å². The van der Waals surface area contributed by atoms with E-state index in [4.69, 9.17) is 4.74 Å². The predicted molar refractivity (Wildman–Crippen MR) is 113 cm³/mol. The van der Waals surface area contributed by atoms with Crippen molar-refractivity contribution in [3.8, 4) is 0 Å². The van der Waals surface area contributed by atoms with Crippen molar-refractivity contribution in [2.24, 2.45) is 0 Å². The number of benzene rings is 2. The van der Waals surface area contributed by atoms with E-state index in [0.29, 0.717) is 12.3 Å². The van der Waals surface area contributed by atoms with Crippen molar-refractivity contribution in [1.82, 2.24) is 4.57 Å². The Morgan fingerprint density at radius 1 is 0.966 bits per heavy atom. The monoisotopic (exact) mass is 389 g/mol. The second kappa shape index (κ2) is 8.22. The molecule has 1 aromatic heterocycles. The van der Waals surface area contributed by atoms with Crippen LogP contribution in [0.2, 0.25) is 0 Å². The van der Waals surface area contributed by atoms with E-state index >= 15 is 0 Å². The van der Waals surface area contributed by atoms with Crippen molar-refractivity contribution < 1.29 is 14.3 Å². The normalized spacial score (nSPS) is 12.5. The number of anilines is 3. The molecule has 6 heteroatoms. The summed E-state index contributed by atoms with van der Waals surface area (Å²) in [5, 5.41) is 2.74. The van der Waals surface area contributed by atoms with E-state index < -0.39 is 6.09 Å². The molecule has 0 bridgehead atoms. The zero-order chi connectivity index (χ0) is 20.2. The molecule has 0 spiro atoms. The van der Waals surface area contributed by atoms with Crippen LogP contribution in [0.5, 0.6) is 0 Å². The van der Waals surface area contributed by atoms with Gasteiger partial charge in [0.05, 0.1) is 18.0 Å². The average molecular weight is 389 g/mol. The summed E-state index contributed by atoms with van der Waals surface area (Å²) in [6.07, 6.45) is 4.91. The van der Waals surface area contributed by atoms with Crippen LogP contribution in [0.3, 0.4) is 0 Å². The summed E-state index contributed by atoms with van der Waals surface area (Å²) in [7, 11) is 0. The highest BCUT2D eigenvalue weighted by Gasteiger charge is 2.26. The van der Waals surface area contributed by atoms with E-state index in [1.165, 1.54) is 0 Å². The van der Waals surface area contributed by atoms with Gasteiger partial charge in [-0.15, -0.1) is 0 Å². The molecule has 2 amide bonds. The van der Waals surface area contributed by atoms with Gasteiger partial charge in [-0.2, -0.15) is 0 Å². The third kappa shape index (κ3) is 4.01. The van der Waals surface area contributed by atoms with Gasteiger partial charge in [0.25, 0.3) is 5.91 Å². The number of aromatic nitrogens is 1. The minimum atomic E-state index is -0.508. The predicted octanol–water partition coefficient (Wildman–Crippen LogP) is 4.52. The van der Waals surface area contributed by atoms with Gasteiger partial charge >= 0.3 is 6.09 Å². The van der Waals surface area contributed by atoms with Gasteiger partial charge in [0.1, 0.15) is 6.54 Å². The Bertz CT molecular complexity index is 1030. The summed E-state index contributed by atoms with van der Waals surface area (Å²) < 4.78 is 6.84. The second-order valence-corrected chi connectivity index (χ2v) is 6.90. The summed E-state index contributed by atoms with van der Waals surface area (Å²) in [6.45, 7) is 2.29. The van der Waals surface area contributed by atoms with Crippen LogP contribution in [-0.4, -0.2) is 23.2 Å². The summed E-state index contributed by atoms with van der Waals surface area (Å²) in [5.74, 6) is -0.0370. The number of amides is 2. The molecule has 29 heavy (non-hydrogen) atoms. The largest absolute Gasteiger partial charge is 0.450 e. The molecule has 1 N–H and O–H groups in total. The zero-order valence-electron chi connectivity index (χ0n) is 16.3. The molecule has 2 aromatic carbocycles. The number of carbonyl (C=O) groups excluding carboxylic acids is 2. The molecule has 0 unspecified atom stereocenters. The standard InChI is InChI=1S/C23H23N3O3/c1-2-29-23(28)24-19-12-11-18-10-9-17-7-3-4-8-20(17)26(21(18)15-19)22(27)16-25-13-5-6-14-25/h3-8,11-15H,2,9-10,16H2,1H3,(H,24,28). The highest BCUT2D eigenvalue weighted by molar-refractivity contribution is 6.03. The van der Waals surface area contributed by atoms with Crippen molar-refractivity contribution in [3.63, 3.8) is 0 Å². The van der Waals surface area contributed by atoms with E-state index in [1.54, 1.807) is 11.8 Å². The fourth-order valence-corrected chi connectivity index (χ4v) is 3.66. The molecule has 0 fully saturated rings. The molecule has 0 saturated heterocycles. The molecule has 1 aliphatic heterocycles. The van der Waals surface area contributed by atoms with Gasteiger partial charge < -0.3 is 9.30 Å². The third-order valence-electron chi connectivity index (χ3n) is 4.98. The number of hydrogen-bond donors (Lipinski definition) is 1. The quantitative estimate of drug-likeness (QED) is 0.714. The first-order valence-corrected chi connectivity index (χ1v) is 9.74. The number of ether oxygens (including phenoxy) is 1. The molecule has 1 aliphatic rings. The Morgan fingerprint density at radius 2 is 1.69 bits per heavy atom. The Kier molecular flexibility index (Phi) is 5.33. The molecule has 2 heterocycles. The SMILES string of the molecule is CCOC(=O)Nc1ccc2c(c1)N(C(=O)Cn1cccc1)c1ccccc1CC2. The van der Waals surface area contributed by atoms with Crippen LogP contribution in [0.1, 0.15) is 18.1 Å². The molecule has 6 nitrogen and oxygen atoms in total. The molecule has 0 atom stereocenters. The van der Waals surface area contributed by atoms with Gasteiger partial charge in [-0.25, -0.2) is 4.79 Å². The Balaban J connectivity index is 1.75. The van der Waals surface area contributed by atoms with Crippen LogP contribution >= 0.6 is 0 Å². The maximum absolute atomic E-state index is 13.4. The van der Waals surface area contributed by atoms with E-state index in [0.717, 1.165) is 35.3 Å². The summed E-state index contributed by atoms with van der Waals surface area (Å²) in [4.78, 5) is 27.0. The maximum Gasteiger partial charge on any atom is 0.411 e. The number of para-hydroxylation sites is 1. The molecule has 4 rings (SSSR count). The van der Waals surface area contributed by atoms with Crippen molar-refractivity contribution in [1.29, 1.82) is 0 Å². The number of nitrogens with zero attached hydrogens (tertiary/aromatic N) is 2. The summed E-state index contributed by atoms with van der Waals surface area (Å²) in [5.41, 5.74) is 4.47. The van der Waals surface area contributed by atoms with Crippen molar-refractivity contribution >= 4 is 29.1 Å². The molecule has 3 aromatic rings. The van der Waals surface area contributed by atoms with Crippen LogP contribution in [0.25, 0.3) is 0 Å². The lowest BCUT2D eigenvalue weighted by Crippen LogP contribution is -2.30. The minimum Gasteiger partial charge on any atom is -0.450 e. The van der Waals surface area contributed by atoms with Crippen LogP contribution in [0, 0.1) is 0 Å². The number of nitrogens with one attached hydrogen (secondary N) is 1. The number of aryl methyl sites for hydroxylation is 2. The second-order valence-electron chi connectivity index (χ2n) is 6.90. The molecule has 0 radical (unpaired) electrons. The molecular formula is C23H23N3O3. The van der Waals surface area contributed by atoms with Gasteiger partial charge in [-0.1, -0.05) is 24.3 Å². The maximum atomic E-state index is 13.4. The van der Waals surface area contributed by atoms with Crippen molar-refractivity contribution in [2.75, 3.05) is 16.8 Å².